The predicted molar refractivity (Wildman–Crippen MR) is 63.2 cm³/mol. The molecule has 0 saturated carbocycles. The first-order valence-electron chi connectivity index (χ1n) is 5.51. The molecule has 0 unspecified atom stereocenters. The first-order valence-corrected chi connectivity index (χ1v) is 5.51. The maximum absolute atomic E-state index is 5.82. The quantitative estimate of drug-likeness (QED) is 0.486. The Hall–Kier alpha value is -0.990. The van der Waals surface area contributed by atoms with Crippen molar-refractivity contribution in [2.45, 2.75) is 46.5 Å². The lowest BCUT2D eigenvalue weighted by Gasteiger charge is -2.09. The molecule has 14 heavy (non-hydrogen) atoms. The molecule has 3 nitrogen and oxygen atoms in total. The molecule has 3 N–H and O–H groups in total. The van der Waals surface area contributed by atoms with E-state index in [9.17, 15) is 0 Å². The smallest absolute Gasteiger partial charge is 0.142 e. The Morgan fingerprint density at radius 3 is 2.57 bits per heavy atom. The van der Waals surface area contributed by atoms with Gasteiger partial charge in [-0.05, 0) is 19.3 Å². The molecule has 0 rings (SSSR count). The zero-order chi connectivity index (χ0) is 10.8. The molecule has 82 valence electrons. The summed E-state index contributed by atoms with van der Waals surface area (Å²) >= 11 is 0. The van der Waals surface area contributed by atoms with Crippen LogP contribution in [-0.4, -0.2) is 12.8 Å². The molecule has 0 saturated heterocycles. The summed E-state index contributed by atoms with van der Waals surface area (Å²) in [7, 11) is 0. The minimum absolute atomic E-state index is 0.630. The minimum Gasteiger partial charge on any atom is -0.385 e. The SMILES string of the molecule is CC/C=N\C(N)=C(CC)NCCCC. The molecule has 0 aliphatic rings. The molecule has 0 aromatic rings. The lowest BCUT2D eigenvalue weighted by Crippen LogP contribution is -2.18. The number of allylic oxidation sites excluding steroid dienone is 1. The monoisotopic (exact) mass is 197 g/mol. The molecular weight excluding hydrogens is 174 g/mol. The number of hydrogen-bond acceptors (Lipinski definition) is 3. The Morgan fingerprint density at radius 1 is 1.36 bits per heavy atom. The molecule has 0 heterocycles. The predicted octanol–water partition coefficient (Wildman–Crippen LogP) is 2.39. The van der Waals surface area contributed by atoms with E-state index in [1.165, 1.54) is 12.8 Å². The number of nitrogens with one attached hydrogen (secondary N) is 1. The standard InChI is InChI=1S/C11H23N3/c1-4-7-9-13-10(6-3)11(12)14-8-5-2/h8,13H,4-7,9,12H2,1-3H3/b11-10?,14-8-. The third-order valence-corrected chi connectivity index (χ3v) is 1.94. The van der Waals surface area contributed by atoms with Gasteiger partial charge >= 0.3 is 0 Å². The van der Waals surface area contributed by atoms with E-state index in [0.717, 1.165) is 25.1 Å². The van der Waals surface area contributed by atoms with E-state index in [4.69, 9.17) is 5.73 Å². The van der Waals surface area contributed by atoms with Gasteiger partial charge in [0.15, 0.2) is 0 Å². The van der Waals surface area contributed by atoms with Crippen molar-refractivity contribution in [3.05, 3.63) is 11.5 Å². The molecule has 0 aliphatic carbocycles. The van der Waals surface area contributed by atoms with Gasteiger partial charge in [0.25, 0.3) is 0 Å². The first-order chi connectivity index (χ1) is 6.76. The highest BCUT2D eigenvalue weighted by molar-refractivity contribution is 5.58. The topological polar surface area (TPSA) is 50.4 Å². The Morgan fingerprint density at radius 2 is 2.07 bits per heavy atom. The van der Waals surface area contributed by atoms with Crippen molar-refractivity contribution >= 4 is 6.21 Å². The third-order valence-electron chi connectivity index (χ3n) is 1.94. The van der Waals surface area contributed by atoms with E-state index >= 15 is 0 Å². The number of nitrogens with zero attached hydrogens (tertiary/aromatic N) is 1. The number of nitrogens with two attached hydrogens (primary N) is 1. The van der Waals surface area contributed by atoms with E-state index < -0.39 is 0 Å². The second kappa shape index (κ2) is 8.60. The van der Waals surface area contributed by atoms with Gasteiger partial charge in [0.05, 0.1) is 5.70 Å². The second-order valence-electron chi connectivity index (χ2n) is 3.22. The lowest BCUT2D eigenvalue weighted by atomic mass is 10.3. The maximum atomic E-state index is 5.82. The van der Waals surface area contributed by atoms with Gasteiger partial charge in [-0.1, -0.05) is 27.2 Å². The van der Waals surface area contributed by atoms with Gasteiger partial charge in [-0.15, -0.1) is 0 Å². The molecule has 0 aromatic carbocycles. The molecule has 0 aromatic heterocycles. The number of aliphatic imine (C=N–C) groups is 1. The van der Waals surface area contributed by atoms with Gasteiger partial charge in [-0.3, -0.25) is 0 Å². The molecule has 0 radical (unpaired) electrons. The maximum Gasteiger partial charge on any atom is 0.142 e. The van der Waals surface area contributed by atoms with E-state index in [2.05, 4.69) is 24.2 Å². The van der Waals surface area contributed by atoms with Gasteiger partial charge < -0.3 is 11.1 Å². The van der Waals surface area contributed by atoms with Gasteiger partial charge in [-0.2, -0.15) is 0 Å². The van der Waals surface area contributed by atoms with Crippen LogP contribution in [0.5, 0.6) is 0 Å². The van der Waals surface area contributed by atoms with Crippen LogP contribution < -0.4 is 11.1 Å². The number of unbranched alkanes of at least 4 members (excludes halogenated alkanes) is 1. The summed E-state index contributed by atoms with van der Waals surface area (Å²) in [6.45, 7) is 7.30. The summed E-state index contributed by atoms with van der Waals surface area (Å²) in [5.41, 5.74) is 6.87. The average molecular weight is 197 g/mol. The van der Waals surface area contributed by atoms with Gasteiger partial charge in [0.1, 0.15) is 5.82 Å². The summed E-state index contributed by atoms with van der Waals surface area (Å²) in [5.74, 6) is 0.630. The summed E-state index contributed by atoms with van der Waals surface area (Å²) in [6.07, 6.45) is 6.05. The summed E-state index contributed by atoms with van der Waals surface area (Å²) < 4.78 is 0. The molecule has 0 atom stereocenters. The van der Waals surface area contributed by atoms with Crippen molar-refractivity contribution in [2.24, 2.45) is 10.7 Å². The van der Waals surface area contributed by atoms with Crippen LogP contribution in [0.25, 0.3) is 0 Å². The molecule has 3 heteroatoms. The summed E-state index contributed by atoms with van der Waals surface area (Å²) in [5, 5.41) is 3.32. The Labute approximate surface area is 87.5 Å². The van der Waals surface area contributed by atoms with Crippen molar-refractivity contribution < 1.29 is 0 Å². The molecule has 0 bridgehead atoms. The van der Waals surface area contributed by atoms with Gasteiger partial charge in [-0.25, -0.2) is 4.99 Å². The Bertz CT molecular complexity index is 195. The van der Waals surface area contributed by atoms with Crippen molar-refractivity contribution in [3.63, 3.8) is 0 Å². The van der Waals surface area contributed by atoms with Crippen LogP contribution in [0.1, 0.15) is 46.5 Å². The van der Waals surface area contributed by atoms with Crippen LogP contribution in [0, 0.1) is 0 Å². The van der Waals surface area contributed by atoms with Crippen LogP contribution in [0.3, 0.4) is 0 Å². The van der Waals surface area contributed by atoms with Crippen LogP contribution in [0.15, 0.2) is 16.5 Å². The van der Waals surface area contributed by atoms with Crippen molar-refractivity contribution in [3.8, 4) is 0 Å². The van der Waals surface area contributed by atoms with Gasteiger partial charge in [0, 0.05) is 12.8 Å². The van der Waals surface area contributed by atoms with E-state index in [0.29, 0.717) is 5.82 Å². The largest absolute Gasteiger partial charge is 0.385 e. The highest BCUT2D eigenvalue weighted by atomic mass is 15.0. The molecule has 0 fully saturated rings. The highest BCUT2D eigenvalue weighted by Crippen LogP contribution is 2.01. The Kier molecular flexibility index (Phi) is 7.99. The van der Waals surface area contributed by atoms with Crippen molar-refractivity contribution in [2.75, 3.05) is 6.54 Å². The van der Waals surface area contributed by atoms with Crippen LogP contribution in [0.4, 0.5) is 0 Å². The van der Waals surface area contributed by atoms with Crippen molar-refractivity contribution in [1.29, 1.82) is 0 Å². The summed E-state index contributed by atoms with van der Waals surface area (Å²) in [6, 6.07) is 0. The fourth-order valence-corrected chi connectivity index (χ4v) is 1.08. The van der Waals surface area contributed by atoms with E-state index in [1.807, 2.05) is 13.1 Å². The van der Waals surface area contributed by atoms with Crippen LogP contribution >= 0.6 is 0 Å². The lowest BCUT2D eigenvalue weighted by molar-refractivity contribution is 0.685. The van der Waals surface area contributed by atoms with Crippen molar-refractivity contribution in [1.82, 2.24) is 5.32 Å². The van der Waals surface area contributed by atoms with Crippen LogP contribution in [0.2, 0.25) is 0 Å². The molecule has 0 amide bonds. The van der Waals surface area contributed by atoms with Gasteiger partial charge in [0.2, 0.25) is 0 Å². The average Bonchev–Trinajstić information content (AvgIpc) is 2.21. The Balaban J connectivity index is 4.13. The third kappa shape index (κ3) is 5.62. The molecule has 0 aliphatic heterocycles. The zero-order valence-corrected chi connectivity index (χ0v) is 9.64. The van der Waals surface area contributed by atoms with E-state index in [1.54, 1.807) is 0 Å². The first kappa shape index (κ1) is 13.0. The fraction of sp³-hybridized carbons (Fsp3) is 0.727. The highest BCUT2D eigenvalue weighted by Gasteiger charge is 1.97. The number of rotatable bonds is 7. The zero-order valence-electron chi connectivity index (χ0n) is 9.64. The minimum atomic E-state index is 0.630. The fourth-order valence-electron chi connectivity index (χ4n) is 1.08. The number of hydrogen-bond donors (Lipinski definition) is 2. The summed E-state index contributed by atoms with van der Waals surface area (Å²) in [4.78, 5) is 4.16. The molecule has 0 spiro atoms. The van der Waals surface area contributed by atoms with E-state index in [-0.39, 0.29) is 0 Å². The second-order valence-corrected chi connectivity index (χ2v) is 3.22. The molecular formula is C11H23N3. The normalized spacial score (nSPS) is 13.1. The van der Waals surface area contributed by atoms with Crippen LogP contribution in [-0.2, 0) is 0 Å².